The van der Waals surface area contributed by atoms with Crippen molar-refractivity contribution in [2.24, 2.45) is 0 Å². The maximum atomic E-state index is 11.9. The molecule has 0 aromatic carbocycles. The van der Waals surface area contributed by atoms with Crippen LogP contribution in [-0.2, 0) is 10.0 Å². The molecule has 17 heavy (non-hydrogen) atoms. The lowest BCUT2D eigenvalue weighted by atomic mass is 10.4. The first kappa shape index (κ1) is 11.3. The van der Waals surface area contributed by atoms with Crippen LogP contribution >= 0.6 is 0 Å². The van der Waals surface area contributed by atoms with E-state index in [9.17, 15) is 8.42 Å². The van der Waals surface area contributed by atoms with Gasteiger partial charge < -0.3 is 5.73 Å². The number of hydrogen-bond donors (Lipinski definition) is 2. The van der Waals surface area contributed by atoms with E-state index in [1.54, 1.807) is 18.3 Å². The number of nitrogens with one attached hydrogen (secondary N) is 1. The average molecular weight is 250 g/mol. The summed E-state index contributed by atoms with van der Waals surface area (Å²) in [6, 6.07) is 5.90. The summed E-state index contributed by atoms with van der Waals surface area (Å²) in [5.74, 6) is 0.152. The monoisotopic (exact) mass is 250 g/mol. The second-order valence-corrected chi connectivity index (χ2v) is 4.95. The molecule has 0 aliphatic carbocycles. The van der Waals surface area contributed by atoms with Crippen molar-refractivity contribution in [3.63, 3.8) is 0 Å². The van der Waals surface area contributed by atoms with E-state index in [0.29, 0.717) is 5.69 Å². The van der Waals surface area contributed by atoms with E-state index >= 15 is 0 Å². The summed E-state index contributed by atoms with van der Waals surface area (Å²) >= 11 is 0. The Balaban J connectivity index is 2.32. The fraction of sp³-hybridized carbons (Fsp3) is 0. The molecular weight excluding hydrogens is 240 g/mol. The summed E-state index contributed by atoms with van der Waals surface area (Å²) in [6.45, 7) is 0. The first-order valence-corrected chi connectivity index (χ1v) is 6.20. The van der Waals surface area contributed by atoms with Gasteiger partial charge in [0.05, 0.1) is 16.8 Å². The minimum atomic E-state index is -3.65. The third kappa shape index (κ3) is 2.70. The Labute approximate surface area is 98.6 Å². The normalized spacial score (nSPS) is 11.1. The quantitative estimate of drug-likeness (QED) is 0.841. The van der Waals surface area contributed by atoms with E-state index in [-0.39, 0.29) is 10.7 Å². The van der Waals surface area contributed by atoms with Gasteiger partial charge in [-0.2, -0.15) is 0 Å². The van der Waals surface area contributed by atoms with Gasteiger partial charge in [-0.25, -0.2) is 13.4 Å². The lowest BCUT2D eigenvalue weighted by molar-refractivity contribution is 0.601. The topological polar surface area (TPSA) is 98.0 Å². The van der Waals surface area contributed by atoms with Gasteiger partial charge in [-0.1, -0.05) is 0 Å². The van der Waals surface area contributed by atoms with Crippen molar-refractivity contribution in [1.82, 2.24) is 9.97 Å². The van der Waals surface area contributed by atoms with Gasteiger partial charge in [-0.15, -0.1) is 0 Å². The Morgan fingerprint density at radius 1 is 1.24 bits per heavy atom. The van der Waals surface area contributed by atoms with E-state index in [1.165, 1.54) is 24.5 Å². The summed E-state index contributed by atoms with van der Waals surface area (Å²) in [5.41, 5.74) is 5.82. The van der Waals surface area contributed by atoms with E-state index in [1.807, 2.05) is 0 Å². The minimum Gasteiger partial charge on any atom is -0.384 e. The SMILES string of the molecule is Nc1cc(S(=O)(=O)Nc2cccnc2)ccn1. The molecular formula is C10H10N4O2S. The van der Waals surface area contributed by atoms with Gasteiger partial charge in [-0.05, 0) is 18.2 Å². The first-order valence-electron chi connectivity index (χ1n) is 4.72. The highest BCUT2D eigenvalue weighted by Gasteiger charge is 2.14. The van der Waals surface area contributed by atoms with E-state index in [4.69, 9.17) is 5.73 Å². The van der Waals surface area contributed by atoms with Crippen molar-refractivity contribution in [2.45, 2.75) is 4.90 Å². The average Bonchev–Trinajstić information content (AvgIpc) is 2.30. The first-order chi connectivity index (χ1) is 8.08. The largest absolute Gasteiger partial charge is 0.384 e. The number of rotatable bonds is 3. The molecule has 6 nitrogen and oxygen atoms in total. The maximum Gasteiger partial charge on any atom is 0.262 e. The molecule has 0 aliphatic rings. The number of nitrogens with zero attached hydrogens (tertiary/aromatic N) is 2. The molecule has 2 aromatic rings. The molecule has 0 amide bonds. The molecule has 2 heterocycles. The highest BCUT2D eigenvalue weighted by molar-refractivity contribution is 7.92. The highest BCUT2D eigenvalue weighted by Crippen LogP contribution is 2.15. The molecule has 0 aliphatic heterocycles. The molecule has 0 saturated carbocycles. The fourth-order valence-electron chi connectivity index (χ4n) is 1.23. The van der Waals surface area contributed by atoms with Crippen molar-refractivity contribution < 1.29 is 8.42 Å². The van der Waals surface area contributed by atoms with Crippen molar-refractivity contribution in [3.05, 3.63) is 42.9 Å². The lowest BCUT2D eigenvalue weighted by Crippen LogP contribution is -2.13. The van der Waals surface area contributed by atoms with Crippen LogP contribution in [0.4, 0.5) is 11.5 Å². The van der Waals surface area contributed by atoms with Gasteiger partial charge in [0.1, 0.15) is 5.82 Å². The van der Waals surface area contributed by atoms with Crippen LogP contribution in [0.1, 0.15) is 0 Å². The number of nitrogen functional groups attached to an aromatic ring is 1. The number of nitrogens with two attached hydrogens (primary N) is 1. The molecule has 88 valence electrons. The zero-order valence-corrected chi connectivity index (χ0v) is 9.55. The number of aromatic nitrogens is 2. The predicted molar refractivity (Wildman–Crippen MR) is 63.7 cm³/mol. The number of pyridine rings is 2. The number of anilines is 2. The standard InChI is InChI=1S/C10H10N4O2S/c11-10-6-9(3-5-13-10)17(15,16)14-8-2-1-4-12-7-8/h1-7,14H,(H2,11,13). The van der Waals surface area contributed by atoms with E-state index < -0.39 is 10.0 Å². The van der Waals surface area contributed by atoms with Crippen molar-refractivity contribution in [2.75, 3.05) is 10.5 Å². The molecule has 3 N–H and O–H groups in total. The smallest absolute Gasteiger partial charge is 0.262 e. The van der Waals surface area contributed by atoms with Crippen molar-refractivity contribution in [1.29, 1.82) is 0 Å². The second kappa shape index (κ2) is 4.38. The Morgan fingerprint density at radius 3 is 2.71 bits per heavy atom. The molecule has 0 radical (unpaired) electrons. The second-order valence-electron chi connectivity index (χ2n) is 3.26. The summed E-state index contributed by atoms with van der Waals surface area (Å²) in [4.78, 5) is 7.61. The van der Waals surface area contributed by atoms with Crippen LogP contribution in [-0.4, -0.2) is 18.4 Å². The van der Waals surface area contributed by atoms with Crippen molar-refractivity contribution in [3.8, 4) is 0 Å². The van der Waals surface area contributed by atoms with Crippen LogP contribution in [0.25, 0.3) is 0 Å². The fourth-order valence-corrected chi connectivity index (χ4v) is 2.30. The van der Waals surface area contributed by atoms with Crippen LogP contribution in [0, 0.1) is 0 Å². The summed E-state index contributed by atoms with van der Waals surface area (Å²) in [7, 11) is -3.65. The Kier molecular flexibility index (Phi) is 2.92. The summed E-state index contributed by atoms with van der Waals surface area (Å²) < 4.78 is 26.3. The van der Waals surface area contributed by atoms with Crippen LogP contribution in [0.5, 0.6) is 0 Å². The van der Waals surface area contributed by atoms with Crippen LogP contribution < -0.4 is 10.5 Å². The lowest BCUT2D eigenvalue weighted by Gasteiger charge is -2.07. The van der Waals surface area contributed by atoms with E-state index in [0.717, 1.165) is 0 Å². The third-order valence-corrected chi connectivity index (χ3v) is 3.36. The Morgan fingerprint density at radius 2 is 2.06 bits per heavy atom. The molecule has 0 saturated heterocycles. The van der Waals surface area contributed by atoms with Gasteiger partial charge in [0.25, 0.3) is 10.0 Å². The third-order valence-electron chi connectivity index (χ3n) is 1.98. The molecule has 0 unspecified atom stereocenters. The number of sulfonamides is 1. The zero-order chi connectivity index (χ0) is 12.3. The number of hydrogen-bond acceptors (Lipinski definition) is 5. The maximum absolute atomic E-state index is 11.9. The summed E-state index contributed by atoms with van der Waals surface area (Å²) in [5, 5.41) is 0. The molecule has 0 fully saturated rings. The van der Waals surface area contributed by atoms with Crippen LogP contribution in [0.15, 0.2) is 47.8 Å². The van der Waals surface area contributed by atoms with Gasteiger partial charge in [0, 0.05) is 18.5 Å². The molecule has 0 bridgehead atoms. The molecule has 0 spiro atoms. The molecule has 2 aromatic heterocycles. The van der Waals surface area contributed by atoms with Crippen molar-refractivity contribution >= 4 is 21.5 Å². The van der Waals surface area contributed by atoms with E-state index in [2.05, 4.69) is 14.7 Å². The molecule has 0 atom stereocenters. The Hall–Kier alpha value is -2.15. The van der Waals surface area contributed by atoms with Gasteiger partial charge in [0.2, 0.25) is 0 Å². The van der Waals surface area contributed by atoms with Gasteiger partial charge in [0.15, 0.2) is 0 Å². The Bertz CT molecular complexity index is 613. The van der Waals surface area contributed by atoms with Gasteiger partial charge in [-0.3, -0.25) is 9.71 Å². The molecule has 2 rings (SSSR count). The minimum absolute atomic E-state index is 0.0638. The van der Waals surface area contributed by atoms with Crippen LogP contribution in [0.3, 0.4) is 0 Å². The van der Waals surface area contributed by atoms with Gasteiger partial charge >= 0.3 is 0 Å². The zero-order valence-electron chi connectivity index (χ0n) is 8.74. The van der Waals surface area contributed by atoms with Crippen LogP contribution in [0.2, 0.25) is 0 Å². The predicted octanol–water partition coefficient (Wildman–Crippen LogP) is 0.860. The summed E-state index contributed by atoms with van der Waals surface area (Å²) in [6.07, 6.45) is 4.32. The highest BCUT2D eigenvalue weighted by atomic mass is 32.2. The molecule has 7 heteroatoms.